The highest BCUT2D eigenvalue weighted by molar-refractivity contribution is 5.86. The summed E-state index contributed by atoms with van der Waals surface area (Å²) in [5, 5.41) is 20.7. The van der Waals surface area contributed by atoms with E-state index in [1.54, 1.807) is 18.1 Å². The van der Waals surface area contributed by atoms with Crippen LogP contribution in [0.1, 0.15) is 61.3 Å². The van der Waals surface area contributed by atoms with E-state index in [2.05, 4.69) is 0 Å². The molecule has 2 aromatic rings. The van der Waals surface area contributed by atoms with Gasteiger partial charge in [-0.15, -0.1) is 0 Å². The summed E-state index contributed by atoms with van der Waals surface area (Å²) in [5.41, 5.74) is -4.07. The van der Waals surface area contributed by atoms with E-state index in [-0.39, 0.29) is 32.1 Å². The summed E-state index contributed by atoms with van der Waals surface area (Å²) in [4.78, 5) is 26.9. The molecule has 1 heterocycles. The highest BCUT2D eigenvalue weighted by atomic mass is 19.4. The quantitative estimate of drug-likeness (QED) is 0.479. The maximum Gasteiger partial charge on any atom is 0.426 e. The number of carbonyl (C=O) groups excluding carboxylic acids is 1. The van der Waals surface area contributed by atoms with Crippen LogP contribution in [-0.4, -0.2) is 58.5 Å². The lowest BCUT2D eigenvalue weighted by molar-refractivity contribution is -0.228. The number of halogens is 4. The SMILES string of the molecule is COc1ccc(CC23CCN(C(=O)[C@]4(O)CC[C@@H](C(=O)O)CC4)C2Cc2cc(C(C)(F)C(F)(F)F)ccc23)cc1. The van der Waals surface area contributed by atoms with Crippen molar-refractivity contribution in [3.8, 4) is 5.75 Å². The highest BCUT2D eigenvalue weighted by Gasteiger charge is 2.58. The number of nitrogens with zero attached hydrogens (tertiary/aromatic N) is 1. The molecule has 1 amide bonds. The summed E-state index contributed by atoms with van der Waals surface area (Å²) in [6.07, 6.45) is -3.43. The van der Waals surface area contributed by atoms with Gasteiger partial charge >= 0.3 is 12.1 Å². The van der Waals surface area contributed by atoms with Crippen LogP contribution in [-0.2, 0) is 33.5 Å². The van der Waals surface area contributed by atoms with E-state index in [0.29, 0.717) is 37.6 Å². The van der Waals surface area contributed by atoms with Gasteiger partial charge in [-0.05, 0) is 86.3 Å². The number of fused-ring (bicyclic) bond motifs is 3. The molecule has 216 valence electrons. The lowest BCUT2D eigenvalue weighted by Gasteiger charge is -2.39. The smallest absolute Gasteiger partial charge is 0.426 e. The number of amides is 1. The van der Waals surface area contributed by atoms with Crippen LogP contribution in [0.25, 0.3) is 0 Å². The number of likely N-dealkylation sites (tertiary alicyclic amines) is 1. The van der Waals surface area contributed by atoms with Crippen molar-refractivity contribution < 1.29 is 42.1 Å². The molecule has 1 aliphatic heterocycles. The first-order valence-electron chi connectivity index (χ1n) is 13.5. The predicted molar refractivity (Wildman–Crippen MR) is 138 cm³/mol. The van der Waals surface area contributed by atoms with Crippen molar-refractivity contribution in [2.45, 2.75) is 80.8 Å². The largest absolute Gasteiger partial charge is 0.497 e. The number of methoxy groups -OCH3 is 1. The Labute approximate surface area is 229 Å². The Morgan fingerprint density at radius 1 is 1.05 bits per heavy atom. The molecule has 40 heavy (non-hydrogen) atoms. The summed E-state index contributed by atoms with van der Waals surface area (Å²) in [6.45, 7) is 0.853. The first kappa shape index (κ1) is 28.4. The van der Waals surface area contributed by atoms with Gasteiger partial charge in [0.25, 0.3) is 5.91 Å². The van der Waals surface area contributed by atoms with Gasteiger partial charge in [0.15, 0.2) is 0 Å². The van der Waals surface area contributed by atoms with Crippen molar-refractivity contribution >= 4 is 11.9 Å². The number of ether oxygens (including phenoxy) is 1. The second-order valence-corrected chi connectivity index (χ2v) is 11.7. The maximum atomic E-state index is 14.9. The number of rotatable bonds is 6. The molecule has 0 spiro atoms. The van der Waals surface area contributed by atoms with Gasteiger partial charge in [0, 0.05) is 18.0 Å². The molecular weight excluding hydrogens is 530 g/mol. The minimum atomic E-state index is -5.09. The Morgan fingerprint density at radius 2 is 1.70 bits per heavy atom. The molecule has 3 atom stereocenters. The molecular formula is C30H33F4NO5. The number of carboxylic acid groups (broad SMARTS) is 1. The van der Waals surface area contributed by atoms with Crippen LogP contribution in [0.2, 0.25) is 0 Å². The number of hydrogen-bond donors (Lipinski definition) is 2. The predicted octanol–water partition coefficient (Wildman–Crippen LogP) is 5.09. The van der Waals surface area contributed by atoms with E-state index in [0.717, 1.165) is 11.1 Å². The van der Waals surface area contributed by atoms with E-state index in [1.165, 1.54) is 12.1 Å². The summed E-state index contributed by atoms with van der Waals surface area (Å²) < 4.78 is 60.7. The van der Waals surface area contributed by atoms with Crippen LogP contribution < -0.4 is 4.74 Å². The Balaban J connectivity index is 1.51. The molecule has 2 aromatic carbocycles. The van der Waals surface area contributed by atoms with Crippen molar-refractivity contribution in [3.63, 3.8) is 0 Å². The first-order valence-corrected chi connectivity index (χ1v) is 13.5. The van der Waals surface area contributed by atoms with E-state index in [4.69, 9.17) is 4.74 Å². The fraction of sp³-hybridized carbons (Fsp3) is 0.533. The lowest BCUT2D eigenvalue weighted by Crippen LogP contribution is -2.54. The van der Waals surface area contributed by atoms with Gasteiger partial charge in [0.2, 0.25) is 5.67 Å². The molecule has 6 nitrogen and oxygen atoms in total. The highest BCUT2D eigenvalue weighted by Crippen LogP contribution is 2.53. The van der Waals surface area contributed by atoms with Crippen LogP contribution >= 0.6 is 0 Å². The van der Waals surface area contributed by atoms with Crippen LogP contribution in [0.4, 0.5) is 17.6 Å². The van der Waals surface area contributed by atoms with E-state index < -0.39 is 52.3 Å². The van der Waals surface area contributed by atoms with Gasteiger partial charge in [-0.1, -0.05) is 30.3 Å². The number of carboxylic acids is 1. The van der Waals surface area contributed by atoms with Gasteiger partial charge in [0.1, 0.15) is 11.4 Å². The number of benzene rings is 2. The molecule has 3 unspecified atom stereocenters. The van der Waals surface area contributed by atoms with Gasteiger partial charge in [-0.2, -0.15) is 13.2 Å². The zero-order valence-electron chi connectivity index (χ0n) is 22.4. The lowest BCUT2D eigenvalue weighted by atomic mass is 9.73. The molecule has 10 heteroatoms. The standard InChI is InChI=1S/C30H33F4NO5/c1-27(31,30(32,33)34)21-5-8-23-20(15-21)16-24-28(23,17-18-3-6-22(40-2)7-4-18)13-14-35(24)26(38)29(39)11-9-19(10-12-29)25(36)37/h3-8,15,19,24,39H,9-14,16-17H2,1-2H3,(H,36,37)/t19-,24?,27?,28?,29+. The topological polar surface area (TPSA) is 87.1 Å². The zero-order chi connectivity index (χ0) is 29.1. The third-order valence-corrected chi connectivity index (χ3v) is 9.44. The van der Waals surface area contributed by atoms with Gasteiger partial charge in [-0.25, -0.2) is 4.39 Å². The van der Waals surface area contributed by atoms with Crippen LogP contribution in [0.5, 0.6) is 5.75 Å². The molecule has 1 saturated carbocycles. The normalized spacial score (nSPS) is 29.4. The Kier molecular flexibility index (Phi) is 6.92. The fourth-order valence-corrected chi connectivity index (χ4v) is 6.95. The number of aliphatic hydroxyl groups is 1. The Bertz CT molecular complexity index is 1300. The molecule has 0 aromatic heterocycles. The number of carbonyl (C=O) groups is 2. The summed E-state index contributed by atoms with van der Waals surface area (Å²) >= 11 is 0. The molecule has 2 N–H and O–H groups in total. The number of hydrogen-bond acceptors (Lipinski definition) is 4. The number of aliphatic carboxylic acids is 1. The van der Waals surface area contributed by atoms with Gasteiger partial charge in [0.05, 0.1) is 13.0 Å². The van der Waals surface area contributed by atoms with E-state index in [1.807, 2.05) is 24.3 Å². The molecule has 3 aliphatic rings. The maximum absolute atomic E-state index is 14.9. The fourth-order valence-electron chi connectivity index (χ4n) is 6.95. The average Bonchev–Trinajstić information content (AvgIpc) is 3.41. The Morgan fingerprint density at radius 3 is 2.27 bits per heavy atom. The first-order chi connectivity index (χ1) is 18.7. The zero-order valence-corrected chi connectivity index (χ0v) is 22.4. The summed E-state index contributed by atoms with van der Waals surface area (Å²) in [6, 6.07) is 11.0. The molecule has 0 radical (unpaired) electrons. The third kappa shape index (κ3) is 4.54. The second-order valence-electron chi connectivity index (χ2n) is 11.7. The van der Waals surface area contributed by atoms with Gasteiger partial charge in [-0.3, -0.25) is 9.59 Å². The monoisotopic (exact) mass is 563 g/mol. The minimum Gasteiger partial charge on any atom is -0.497 e. The van der Waals surface area contributed by atoms with Crippen molar-refractivity contribution in [2.24, 2.45) is 5.92 Å². The van der Waals surface area contributed by atoms with Crippen LogP contribution in [0.3, 0.4) is 0 Å². The van der Waals surface area contributed by atoms with Crippen molar-refractivity contribution in [3.05, 3.63) is 64.7 Å². The summed E-state index contributed by atoms with van der Waals surface area (Å²) in [7, 11) is 1.56. The van der Waals surface area contributed by atoms with Crippen LogP contribution in [0, 0.1) is 5.92 Å². The second kappa shape index (κ2) is 9.75. The summed E-state index contributed by atoms with van der Waals surface area (Å²) in [5.74, 6) is -1.36. The van der Waals surface area contributed by atoms with Crippen molar-refractivity contribution in [1.82, 2.24) is 4.90 Å². The van der Waals surface area contributed by atoms with Crippen molar-refractivity contribution in [2.75, 3.05) is 13.7 Å². The van der Waals surface area contributed by atoms with E-state index >= 15 is 0 Å². The molecule has 1 saturated heterocycles. The minimum absolute atomic E-state index is 0.0282. The average molecular weight is 564 g/mol. The van der Waals surface area contributed by atoms with E-state index in [9.17, 15) is 37.4 Å². The molecule has 5 rings (SSSR count). The van der Waals surface area contributed by atoms with Gasteiger partial charge < -0.3 is 19.8 Å². The van der Waals surface area contributed by atoms with Crippen molar-refractivity contribution in [1.29, 1.82) is 0 Å². The molecule has 2 fully saturated rings. The third-order valence-electron chi connectivity index (χ3n) is 9.44. The number of alkyl halides is 4. The Hall–Kier alpha value is -3.14. The van der Waals surface area contributed by atoms with Crippen LogP contribution in [0.15, 0.2) is 42.5 Å². The molecule has 2 aliphatic carbocycles. The molecule has 0 bridgehead atoms.